The molecule has 0 spiro atoms. The Kier molecular flexibility index (Phi) is 9.55. The fourth-order valence-corrected chi connectivity index (χ4v) is 6.80. The summed E-state index contributed by atoms with van der Waals surface area (Å²) in [5, 5.41) is 21.2. The van der Waals surface area contributed by atoms with Crippen molar-refractivity contribution >= 4 is 11.1 Å². The third-order valence-corrected chi connectivity index (χ3v) is 9.71. The second kappa shape index (κ2) is 13.0. The number of hydrogen-bond donors (Lipinski definition) is 2. The van der Waals surface area contributed by atoms with Gasteiger partial charge in [-0.2, -0.15) is 0 Å². The van der Waals surface area contributed by atoms with Crippen LogP contribution in [-0.4, -0.2) is 41.0 Å². The van der Waals surface area contributed by atoms with Gasteiger partial charge in [-0.3, -0.25) is 4.90 Å². The lowest BCUT2D eigenvalue weighted by molar-refractivity contribution is -0.0206. The summed E-state index contributed by atoms with van der Waals surface area (Å²) in [4.78, 5) is 1.81. The third kappa shape index (κ3) is 7.37. The molecule has 236 valence electrons. The minimum absolute atomic E-state index is 0. The normalized spacial score (nSPS) is 20.6. The molecule has 0 aromatic heterocycles. The van der Waals surface area contributed by atoms with Crippen LogP contribution in [0.25, 0.3) is 11.1 Å². The smallest absolute Gasteiger partial charge is 0.134 e. The molecule has 3 aromatic carbocycles. The Hall–Kier alpha value is -3.18. The number of aryl methyl sites for hydroxylation is 3. The van der Waals surface area contributed by atoms with E-state index in [1.807, 2.05) is 45.8 Å². The van der Waals surface area contributed by atoms with Crippen molar-refractivity contribution < 1.29 is 16.4 Å². The van der Waals surface area contributed by atoms with Crippen LogP contribution < -0.4 is 4.74 Å². The molecule has 44 heavy (non-hydrogen) atoms. The van der Waals surface area contributed by atoms with Crippen LogP contribution in [0.15, 0.2) is 72.8 Å². The first-order valence-corrected chi connectivity index (χ1v) is 16.3. The van der Waals surface area contributed by atoms with E-state index in [9.17, 15) is 10.2 Å². The van der Waals surface area contributed by atoms with Gasteiger partial charge in [-0.1, -0.05) is 60.2 Å². The van der Waals surface area contributed by atoms with Gasteiger partial charge in [0.2, 0.25) is 0 Å². The van der Waals surface area contributed by atoms with E-state index >= 15 is 0 Å². The molecule has 4 nitrogen and oxygen atoms in total. The Labute approximate surface area is 266 Å². The Morgan fingerprint density at radius 3 is 2.32 bits per heavy atom. The highest BCUT2D eigenvalue weighted by atomic mass is 16.5. The molecule has 0 amide bonds. The lowest BCUT2D eigenvalue weighted by atomic mass is 9.85. The maximum absolute atomic E-state index is 10.8. The van der Waals surface area contributed by atoms with Gasteiger partial charge in [0.1, 0.15) is 11.5 Å². The van der Waals surface area contributed by atoms with Crippen LogP contribution in [0.1, 0.15) is 99.7 Å². The van der Waals surface area contributed by atoms with Crippen LogP contribution in [0, 0.1) is 19.8 Å². The molecule has 0 aliphatic heterocycles. The highest BCUT2D eigenvalue weighted by molar-refractivity contribution is 6.00. The number of rotatable bonds is 9. The minimum Gasteiger partial charge on any atom is -0.490 e. The van der Waals surface area contributed by atoms with E-state index in [2.05, 4.69) is 80.6 Å². The largest absolute Gasteiger partial charge is 0.490 e. The quantitative estimate of drug-likeness (QED) is 0.192. The van der Waals surface area contributed by atoms with E-state index in [0.29, 0.717) is 5.92 Å². The van der Waals surface area contributed by atoms with Crippen LogP contribution in [0.2, 0.25) is 0 Å². The summed E-state index contributed by atoms with van der Waals surface area (Å²) in [5.41, 5.74) is 9.54. The molecule has 0 heterocycles. The van der Waals surface area contributed by atoms with Crippen LogP contribution in [0.3, 0.4) is 0 Å². The molecule has 4 heteroatoms. The van der Waals surface area contributed by atoms with Crippen molar-refractivity contribution in [3.8, 4) is 5.75 Å². The summed E-state index contributed by atoms with van der Waals surface area (Å²) in [5.74, 6) is 1.50. The van der Waals surface area contributed by atoms with E-state index in [0.717, 1.165) is 56.3 Å². The SMILES string of the molecule is Cc1ccc(C2=C(c3ccc(O[C@H]4CCC(C/C=C/C(C)(O)N(C)C)C4)cc3)c3ccc(C(C)(C)O)cc3CCC2)c(C)c1.[HH]. The highest BCUT2D eigenvalue weighted by Gasteiger charge is 2.27. The van der Waals surface area contributed by atoms with Crippen LogP contribution in [-0.2, 0) is 12.0 Å². The zero-order valence-corrected chi connectivity index (χ0v) is 27.8. The monoisotopic (exact) mass is 595 g/mol. The topological polar surface area (TPSA) is 52.9 Å². The zero-order valence-electron chi connectivity index (χ0n) is 27.8. The molecule has 0 bridgehead atoms. The number of benzene rings is 3. The molecule has 3 aromatic rings. The number of hydrogen-bond acceptors (Lipinski definition) is 4. The standard InChI is InChI=1S/C40H51NO3.H2/c1-27-13-21-35(28(2)24-27)37-12-8-11-31-26-32(39(3,4)42)17-22-36(31)38(37)30-15-19-33(20-16-30)44-34-18-14-29(25-34)10-9-23-40(5,43)41(6)7;/h9,13,15-17,19-24,26,29,34,42-43H,8,10-12,14,18,25H2,1-7H3;1H/b23-9+;/t29?,34-,40?;/m0./s1. The molecule has 2 aliphatic rings. The van der Waals surface area contributed by atoms with E-state index < -0.39 is 11.3 Å². The number of fused-ring (bicyclic) bond motifs is 1. The predicted molar refractivity (Wildman–Crippen MR) is 185 cm³/mol. The summed E-state index contributed by atoms with van der Waals surface area (Å²) in [6.07, 6.45) is 11.5. The zero-order chi connectivity index (χ0) is 31.6. The summed E-state index contributed by atoms with van der Waals surface area (Å²) < 4.78 is 6.50. The van der Waals surface area contributed by atoms with Gasteiger partial charge in [0.15, 0.2) is 0 Å². The lowest BCUT2D eigenvalue weighted by Crippen LogP contribution is -2.38. The van der Waals surface area contributed by atoms with E-state index in [-0.39, 0.29) is 7.53 Å². The van der Waals surface area contributed by atoms with Crippen molar-refractivity contribution in [2.75, 3.05) is 14.1 Å². The summed E-state index contributed by atoms with van der Waals surface area (Å²) in [6.45, 7) is 9.92. The highest BCUT2D eigenvalue weighted by Crippen LogP contribution is 2.42. The van der Waals surface area contributed by atoms with Crippen molar-refractivity contribution in [3.05, 3.63) is 112 Å². The average molecular weight is 596 g/mol. The number of allylic oxidation sites excluding steroid dienone is 2. The first kappa shape index (κ1) is 32.2. The molecular weight excluding hydrogens is 542 g/mol. The Morgan fingerprint density at radius 2 is 1.64 bits per heavy atom. The number of ether oxygens (including phenoxy) is 1. The fraction of sp³-hybridized carbons (Fsp3) is 0.450. The van der Waals surface area contributed by atoms with Gasteiger partial charge in [0.25, 0.3) is 0 Å². The van der Waals surface area contributed by atoms with Gasteiger partial charge in [-0.25, -0.2) is 0 Å². The molecule has 1 fully saturated rings. The van der Waals surface area contributed by atoms with Gasteiger partial charge >= 0.3 is 0 Å². The van der Waals surface area contributed by atoms with Crippen molar-refractivity contribution in [2.45, 2.75) is 97.0 Å². The van der Waals surface area contributed by atoms with Crippen molar-refractivity contribution in [1.82, 2.24) is 4.90 Å². The van der Waals surface area contributed by atoms with Crippen molar-refractivity contribution in [1.29, 1.82) is 0 Å². The van der Waals surface area contributed by atoms with Gasteiger partial charge in [0.05, 0.1) is 11.7 Å². The summed E-state index contributed by atoms with van der Waals surface area (Å²) in [7, 11) is 3.77. The van der Waals surface area contributed by atoms with Crippen LogP contribution in [0.4, 0.5) is 0 Å². The predicted octanol–water partition coefficient (Wildman–Crippen LogP) is 8.84. The van der Waals surface area contributed by atoms with E-state index in [1.165, 1.54) is 44.5 Å². The molecule has 5 rings (SSSR count). The van der Waals surface area contributed by atoms with E-state index in [1.54, 1.807) is 0 Å². The van der Waals surface area contributed by atoms with Crippen molar-refractivity contribution in [2.24, 2.45) is 5.92 Å². The molecule has 1 saturated carbocycles. The minimum atomic E-state index is -0.917. The molecule has 0 radical (unpaired) electrons. The average Bonchev–Trinajstić information content (AvgIpc) is 3.31. The maximum Gasteiger partial charge on any atom is 0.134 e. The maximum atomic E-state index is 10.8. The Balaban J connectivity index is 0.00000461. The van der Waals surface area contributed by atoms with Gasteiger partial charge in [-0.15, -0.1) is 0 Å². The lowest BCUT2D eigenvalue weighted by Gasteiger charge is -2.27. The van der Waals surface area contributed by atoms with E-state index in [4.69, 9.17) is 4.74 Å². The van der Waals surface area contributed by atoms with Gasteiger partial charge in [-0.05, 0) is 162 Å². The molecule has 0 saturated heterocycles. The van der Waals surface area contributed by atoms with Crippen LogP contribution in [0.5, 0.6) is 5.75 Å². The Morgan fingerprint density at radius 1 is 0.909 bits per heavy atom. The second-order valence-electron chi connectivity index (χ2n) is 14.0. The van der Waals surface area contributed by atoms with Crippen LogP contribution >= 0.6 is 0 Å². The van der Waals surface area contributed by atoms with Gasteiger partial charge in [0, 0.05) is 1.43 Å². The second-order valence-corrected chi connectivity index (χ2v) is 14.0. The number of likely N-dealkylation sites (N-methyl/N-ethyl adjacent to an activating group) is 1. The van der Waals surface area contributed by atoms with Gasteiger partial charge < -0.3 is 14.9 Å². The third-order valence-electron chi connectivity index (χ3n) is 9.71. The summed E-state index contributed by atoms with van der Waals surface area (Å²) in [6, 6.07) is 22.1. The molecule has 3 atom stereocenters. The molecular formula is C40H53NO3. The first-order chi connectivity index (χ1) is 20.8. The Bertz CT molecular complexity index is 1530. The fourth-order valence-electron chi connectivity index (χ4n) is 6.80. The number of nitrogens with zero attached hydrogens (tertiary/aromatic N) is 1. The molecule has 2 N–H and O–H groups in total. The first-order valence-electron chi connectivity index (χ1n) is 16.3. The molecule has 2 aliphatic carbocycles. The number of aliphatic hydroxyl groups is 2. The summed E-state index contributed by atoms with van der Waals surface area (Å²) >= 11 is 0. The molecule has 2 unspecified atom stereocenters. The van der Waals surface area contributed by atoms with Crippen molar-refractivity contribution in [3.63, 3.8) is 0 Å².